The van der Waals surface area contributed by atoms with Crippen molar-refractivity contribution in [3.8, 4) is 0 Å². The van der Waals surface area contributed by atoms with E-state index in [9.17, 15) is 28.8 Å². The fraction of sp³-hybridized carbons (Fsp3) is 0.355. The maximum Gasteiger partial charge on any atom is 0.380 e. The van der Waals surface area contributed by atoms with E-state index in [2.05, 4.69) is 20.9 Å². The molecule has 0 bridgehead atoms. The van der Waals surface area contributed by atoms with Crippen molar-refractivity contribution in [3.63, 3.8) is 0 Å². The summed E-state index contributed by atoms with van der Waals surface area (Å²) in [7, 11) is 0. The summed E-state index contributed by atoms with van der Waals surface area (Å²) in [6, 6.07) is 14.7. The van der Waals surface area contributed by atoms with Crippen molar-refractivity contribution in [3.05, 3.63) is 71.9 Å². The minimum absolute atomic E-state index is 0.0171. The lowest BCUT2D eigenvalue weighted by molar-refractivity contribution is -0.144. The van der Waals surface area contributed by atoms with E-state index < -0.39 is 54.0 Å². The molecule has 4 N–H and O–H groups in total. The Hall–Kier alpha value is -4.80. The third kappa shape index (κ3) is 7.68. The molecule has 1 aliphatic rings. The number of para-hydroxylation sites is 1. The molecule has 42 heavy (non-hydrogen) atoms. The fourth-order valence-corrected chi connectivity index (χ4v) is 4.84. The molecule has 3 amide bonds. The number of fused-ring (bicyclic) bond motifs is 1. The second kappa shape index (κ2) is 13.7. The highest BCUT2D eigenvalue weighted by Gasteiger charge is 2.34. The Kier molecular flexibility index (Phi) is 9.85. The molecular weight excluding hydrogens is 540 g/mol. The van der Waals surface area contributed by atoms with E-state index in [1.54, 1.807) is 24.3 Å². The maximum atomic E-state index is 13.5. The second-order valence-corrected chi connectivity index (χ2v) is 10.7. The van der Waals surface area contributed by atoms with Gasteiger partial charge in [0.1, 0.15) is 11.7 Å². The van der Waals surface area contributed by atoms with Gasteiger partial charge in [-0.3, -0.25) is 24.0 Å². The number of nitrogens with one attached hydrogen (secondary N) is 4. The van der Waals surface area contributed by atoms with Crippen LogP contribution in [0.3, 0.4) is 0 Å². The van der Waals surface area contributed by atoms with Crippen molar-refractivity contribution in [2.75, 3.05) is 13.2 Å². The minimum atomic E-state index is -1.21. The molecule has 0 saturated carbocycles. The lowest BCUT2D eigenvalue weighted by Crippen LogP contribution is -2.53. The lowest BCUT2D eigenvalue weighted by Gasteiger charge is -2.25. The van der Waals surface area contributed by atoms with E-state index in [4.69, 9.17) is 4.74 Å². The highest BCUT2D eigenvalue weighted by atomic mass is 16.5. The van der Waals surface area contributed by atoms with Crippen LogP contribution in [0.15, 0.2) is 60.7 Å². The second-order valence-electron chi connectivity index (χ2n) is 10.7. The molecule has 3 aromatic rings. The number of ether oxygens (including phenoxy) is 1. The number of carbonyl (C=O) groups is 6. The van der Waals surface area contributed by atoms with Crippen molar-refractivity contribution in [2.45, 2.75) is 45.2 Å². The summed E-state index contributed by atoms with van der Waals surface area (Å²) in [6.07, 6.45) is 0.728. The van der Waals surface area contributed by atoms with Crippen LogP contribution in [0.5, 0.6) is 0 Å². The summed E-state index contributed by atoms with van der Waals surface area (Å²) in [5.74, 6) is -4.66. The molecule has 2 aromatic carbocycles. The predicted octanol–water partition coefficient (Wildman–Crippen LogP) is 2.32. The molecule has 0 radical (unpaired) electrons. The summed E-state index contributed by atoms with van der Waals surface area (Å²) >= 11 is 0. The van der Waals surface area contributed by atoms with Crippen LogP contribution in [0.4, 0.5) is 0 Å². The van der Waals surface area contributed by atoms with Crippen LogP contribution in [0.2, 0.25) is 0 Å². The Labute approximate surface area is 242 Å². The molecule has 4 rings (SSSR count). The molecule has 220 valence electrons. The SMILES string of the molecule is CC(C)C[C@H](NC(=O)c1cc2ccccc2[nH]1)C(=O)N[C@@H](C[C@@H]1CCNC1=O)C(=O)COC(=O)C(=O)c1ccccc1. The van der Waals surface area contributed by atoms with E-state index in [1.807, 2.05) is 38.1 Å². The van der Waals surface area contributed by atoms with Gasteiger partial charge >= 0.3 is 5.97 Å². The van der Waals surface area contributed by atoms with Crippen LogP contribution in [0.1, 0.15) is 54.0 Å². The third-order valence-electron chi connectivity index (χ3n) is 7.06. The third-order valence-corrected chi connectivity index (χ3v) is 7.06. The van der Waals surface area contributed by atoms with E-state index in [0.29, 0.717) is 13.0 Å². The first-order chi connectivity index (χ1) is 20.1. The molecule has 0 aliphatic carbocycles. The fourth-order valence-electron chi connectivity index (χ4n) is 4.84. The summed E-state index contributed by atoms with van der Waals surface area (Å²) < 4.78 is 4.99. The minimum Gasteiger partial charge on any atom is -0.452 e. The largest absolute Gasteiger partial charge is 0.452 e. The highest BCUT2D eigenvalue weighted by molar-refractivity contribution is 6.40. The standard InChI is InChI=1S/C31H34N4O7/c1-18(2)14-24(35-30(40)25-15-20-10-6-7-11-22(20)33-25)29(39)34-23(16-21-12-13-32-28(21)38)26(36)17-42-31(41)27(37)19-8-4-3-5-9-19/h3-11,15,18,21,23-24,33H,12-14,16-17H2,1-2H3,(H,32,38)(H,34,39)(H,35,40)/t21-,23-,24-/m0/s1. The van der Waals surface area contributed by atoms with Crippen molar-refractivity contribution < 1.29 is 33.5 Å². The number of rotatable bonds is 13. The number of aromatic nitrogens is 1. The first kappa shape index (κ1) is 30.2. The van der Waals surface area contributed by atoms with E-state index in [0.717, 1.165) is 10.9 Å². The number of ketones is 2. The van der Waals surface area contributed by atoms with Gasteiger partial charge in [-0.05, 0) is 37.3 Å². The topological polar surface area (TPSA) is 164 Å². The zero-order valence-electron chi connectivity index (χ0n) is 23.5. The quantitative estimate of drug-likeness (QED) is 0.138. The molecular formula is C31H34N4O7. The van der Waals surface area contributed by atoms with E-state index >= 15 is 0 Å². The van der Waals surface area contributed by atoms with Gasteiger partial charge in [0.25, 0.3) is 11.7 Å². The number of aromatic amines is 1. The Morgan fingerprint density at radius 1 is 0.952 bits per heavy atom. The van der Waals surface area contributed by atoms with Crippen LogP contribution in [0.25, 0.3) is 10.9 Å². The summed E-state index contributed by atoms with van der Waals surface area (Å²) in [6.45, 7) is 3.45. The van der Waals surface area contributed by atoms with E-state index in [1.165, 1.54) is 12.1 Å². The smallest absolute Gasteiger partial charge is 0.380 e. The van der Waals surface area contributed by atoms with E-state index in [-0.39, 0.29) is 35.9 Å². The lowest BCUT2D eigenvalue weighted by atomic mass is 9.95. The average molecular weight is 575 g/mol. The Morgan fingerprint density at radius 2 is 1.67 bits per heavy atom. The Bertz CT molecular complexity index is 1450. The number of hydrogen-bond donors (Lipinski definition) is 4. The molecule has 1 aromatic heterocycles. The van der Waals surface area contributed by atoms with Gasteiger partial charge in [0, 0.05) is 28.9 Å². The number of H-pyrrole nitrogens is 1. The molecule has 0 spiro atoms. The normalized spacial score (nSPS) is 16.0. The van der Waals surface area contributed by atoms with Crippen molar-refractivity contribution in [2.24, 2.45) is 11.8 Å². The molecule has 0 unspecified atom stereocenters. The number of amides is 3. The summed E-state index contributed by atoms with van der Waals surface area (Å²) in [5.41, 5.74) is 1.17. The van der Waals surface area contributed by atoms with Gasteiger partial charge in [-0.1, -0.05) is 62.4 Å². The number of carbonyl (C=O) groups excluding carboxylic acids is 6. The van der Waals surface area contributed by atoms with Gasteiger partial charge in [-0.15, -0.1) is 0 Å². The average Bonchev–Trinajstić information content (AvgIpc) is 3.60. The van der Waals surface area contributed by atoms with Crippen LogP contribution < -0.4 is 16.0 Å². The zero-order valence-corrected chi connectivity index (χ0v) is 23.5. The van der Waals surface area contributed by atoms with Crippen LogP contribution in [0, 0.1) is 11.8 Å². The van der Waals surface area contributed by atoms with Gasteiger partial charge in [-0.25, -0.2) is 4.79 Å². The number of esters is 1. The molecule has 1 aliphatic heterocycles. The number of hydrogen-bond acceptors (Lipinski definition) is 7. The van der Waals surface area contributed by atoms with Gasteiger partial charge in [-0.2, -0.15) is 0 Å². The van der Waals surface area contributed by atoms with Crippen LogP contribution in [-0.4, -0.2) is 65.5 Å². The van der Waals surface area contributed by atoms with Gasteiger partial charge in [0.2, 0.25) is 11.8 Å². The molecule has 11 nitrogen and oxygen atoms in total. The molecule has 1 saturated heterocycles. The molecule has 2 heterocycles. The number of Topliss-reactive ketones (excluding diaryl/α,β-unsaturated/α-hetero) is 2. The molecule has 3 atom stereocenters. The van der Waals surface area contributed by atoms with Crippen LogP contribution in [-0.2, 0) is 23.9 Å². The Morgan fingerprint density at radius 3 is 2.33 bits per heavy atom. The van der Waals surface area contributed by atoms with Gasteiger partial charge in [0.15, 0.2) is 12.4 Å². The number of benzene rings is 2. The van der Waals surface area contributed by atoms with Crippen molar-refractivity contribution in [1.82, 2.24) is 20.9 Å². The molecule has 1 fully saturated rings. The van der Waals surface area contributed by atoms with Gasteiger partial charge < -0.3 is 25.7 Å². The first-order valence-corrected chi connectivity index (χ1v) is 13.9. The predicted molar refractivity (Wildman–Crippen MR) is 153 cm³/mol. The first-order valence-electron chi connectivity index (χ1n) is 13.9. The highest BCUT2D eigenvalue weighted by Crippen LogP contribution is 2.18. The van der Waals surface area contributed by atoms with Crippen molar-refractivity contribution >= 4 is 46.2 Å². The zero-order chi connectivity index (χ0) is 30.2. The van der Waals surface area contributed by atoms with Crippen molar-refractivity contribution in [1.29, 1.82) is 0 Å². The summed E-state index contributed by atoms with van der Waals surface area (Å²) in [4.78, 5) is 79.7. The maximum absolute atomic E-state index is 13.5. The molecule has 11 heteroatoms. The summed E-state index contributed by atoms with van der Waals surface area (Å²) in [5, 5.41) is 8.96. The monoisotopic (exact) mass is 574 g/mol. The van der Waals surface area contributed by atoms with Gasteiger partial charge in [0.05, 0.1) is 6.04 Å². The van der Waals surface area contributed by atoms with Crippen LogP contribution >= 0.6 is 0 Å². The Balaban J connectivity index is 1.45.